The normalized spacial score (nSPS) is 9.47. The summed E-state index contributed by atoms with van der Waals surface area (Å²) in [5.41, 5.74) is 0. The molecular formula is C11H17NO5. The highest BCUT2D eigenvalue weighted by Gasteiger charge is 2.16. The van der Waals surface area contributed by atoms with Gasteiger partial charge in [-0.25, -0.2) is 0 Å². The SMILES string of the molecule is C=CCN(CC(=O)O)C(=O)CCC(=O)OCC. The van der Waals surface area contributed by atoms with Crippen LogP contribution in [-0.2, 0) is 19.1 Å². The molecule has 17 heavy (non-hydrogen) atoms. The Bertz CT molecular complexity index is 300. The van der Waals surface area contributed by atoms with Gasteiger partial charge in [0, 0.05) is 13.0 Å². The van der Waals surface area contributed by atoms with Gasteiger partial charge in [-0.2, -0.15) is 0 Å². The minimum Gasteiger partial charge on any atom is -0.480 e. The molecule has 0 saturated heterocycles. The quantitative estimate of drug-likeness (QED) is 0.493. The summed E-state index contributed by atoms with van der Waals surface area (Å²) in [6, 6.07) is 0. The van der Waals surface area contributed by atoms with Crippen molar-refractivity contribution in [3.05, 3.63) is 12.7 Å². The van der Waals surface area contributed by atoms with E-state index < -0.39 is 24.4 Å². The number of esters is 1. The first-order chi connectivity index (χ1) is 8.01. The van der Waals surface area contributed by atoms with Crippen LogP contribution in [0.4, 0.5) is 0 Å². The Morgan fingerprint density at radius 2 is 2.00 bits per heavy atom. The maximum Gasteiger partial charge on any atom is 0.323 e. The van der Waals surface area contributed by atoms with E-state index in [4.69, 9.17) is 5.11 Å². The van der Waals surface area contributed by atoms with E-state index in [0.717, 1.165) is 4.90 Å². The van der Waals surface area contributed by atoms with Crippen LogP contribution < -0.4 is 0 Å². The van der Waals surface area contributed by atoms with E-state index in [1.165, 1.54) is 6.08 Å². The minimum absolute atomic E-state index is 0.0417. The Labute approximate surface area is 99.9 Å². The van der Waals surface area contributed by atoms with E-state index in [9.17, 15) is 14.4 Å². The van der Waals surface area contributed by atoms with Gasteiger partial charge in [0.2, 0.25) is 5.91 Å². The fourth-order valence-electron chi connectivity index (χ4n) is 1.17. The third kappa shape index (κ3) is 7.10. The third-order valence-electron chi connectivity index (χ3n) is 1.88. The van der Waals surface area contributed by atoms with Crippen LogP contribution in [0.2, 0.25) is 0 Å². The van der Waals surface area contributed by atoms with E-state index >= 15 is 0 Å². The number of hydrogen-bond donors (Lipinski definition) is 1. The predicted molar refractivity (Wildman–Crippen MR) is 60.3 cm³/mol. The zero-order valence-corrected chi connectivity index (χ0v) is 9.85. The summed E-state index contributed by atoms with van der Waals surface area (Å²) in [6.07, 6.45) is 1.34. The summed E-state index contributed by atoms with van der Waals surface area (Å²) in [7, 11) is 0. The molecule has 0 unspecified atom stereocenters. The van der Waals surface area contributed by atoms with E-state index in [-0.39, 0.29) is 26.0 Å². The highest BCUT2D eigenvalue weighted by molar-refractivity contribution is 5.84. The van der Waals surface area contributed by atoms with Crippen molar-refractivity contribution in [2.75, 3.05) is 19.7 Å². The van der Waals surface area contributed by atoms with Crippen LogP contribution in [0.5, 0.6) is 0 Å². The highest BCUT2D eigenvalue weighted by Crippen LogP contribution is 2.00. The van der Waals surface area contributed by atoms with Crippen LogP contribution in [0.25, 0.3) is 0 Å². The zero-order valence-electron chi connectivity index (χ0n) is 9.85. The van der Waals surface area contributed by atoms with Gasteiger partial charge < -0.3 is 14.7 Å². The fraction of sp³-hybridized carbons (Fsp3) is 0.545. The van der Waals surface area contributed by atoms with Crippen molar-refractivity contribution >= 4 is 17.8 Å². The largest absolute Gasteiger partial charge is 0.480 e. The molecule has 0 saturated carbocycles. The Morgan fingerprint density at radius 3 is 2.47 bits per heavy atom. The van der Waals surface area contributed by atoms with Crippen LogP contribution in [-0.4, -0.2) is 47.5 Å². The molecule has 96 valence electrons. The minimum atomic E-state index is -1.10. The summed E-state index contributed by atoms with van der Waals surface area (Å²) in [5, 5.41) is 8.60. The summed E-state index contributed by atoms with van der Waals surface area (Å²) in [4.78, 5) is 34.2. The molecule has 0 spiro atoms. The van der Waals surface area contributed by atoms with Crippen molar-refractivity contribution in [1.82, 2.24) is 4.90 Å². The average Bonchev–Trinajstić information content (AvgIpc) is 2.25. The summed E-state index contributed by atoms with van der Waals surface area (Å²) < 4.78 is 4.67. The van der Waals surface area contributed by atoms with Crippen molar-refractivity contribution in [2.45, 2.75) is 19.8 Å². The molecule has 0 aromatic rings. The van der Waals surface area contributed by atoms with E-state index in [0.29, 0.717) is 0 Å². The zero-order chi connectivity index (χ0) is 13.3. The molecule has 0 heterocycles. The molecule has 0 aromatic heterocycles. The predicted octanol–water partition coefficient (Wildman–Crippen LogP) is 0.429. The molecule has 0 aromatic carbocycles. The molecule has 0 bridgehead atoms. The third-order valence-corrected chi connectivity index (χ3v) is 1.88. The number of ether oxygens (including phenoxy) is 1. The first-order valence-electron chi connectivity index (χ1n) is 5.27. The number of nitrogens with zero attached hydrogens (tertiary/aromatic N) is 1. The van der Waals surface area contributed by atoms with Crippen molar-refractivity contribution in [3.8, 4) is 0 Å². The second-order valence-electron chi connectivity index (χ2n) is 3.26. The van der Waals surface area contributed by atoms with E-state index in [2.05, 4.69) is 11.3 Å². The second-order valence-corrected chi connectivity index (χ2v) is 3.26. The highest BCUT2D eigenvalue weighted by atomic mass is 16.5. The lowest BCUT2D eigenvalue weighted by atomic mass is 10.2. The molecule has 0 aliphatic rings. The van der Waals surface area contributed by atoms with Gasteiger partial charge in [-0.1, -0.05) is 6.08 Å². The van der Waals surface area contributed by atoms with Crippen molar-refractivity contribution in [2.24, 2.45) is 0 Å². The number of aliphatic carboxylic acids is 1. The van der Waals surface area contributed by atoms with Crippen LogP contribution >= 0.6 is 0 Å². The number of carboxylic acids is 1. The second kappa shape index (κ2) is 8.32. The lowest BCUT2D eigenvalue weighted by molar-refractivity contribution is -0.147. The van der Waals surface area contributed by atoms with Gasteiger partial charge in [-0.3, -0.25) is 14.4 Å². The first-order valence-corrected chi connectivity index (χ1v) is 5.27. The summed E-state index contributed by atoms with van der Waals surface area (Å²) in [5.74, 6) is -1.97. The number of amides is 1. The molecule has 0 radical (unpaired) electrons. The van der Waals surface area contributed by atoms with E-state index in [1.807, 2.05) is 0 Å². The number of rotatable bonds is 8. The maximum absolute atomic E-state index is 11.6. The smallest absolute Gasteiger partial charge is 0.323 e. The number of carboxylic acid groups (broad SMARTS) is 1. The lowest BCUT2D eigenvalue weighted by Gasteiger charge is -2.18. The molecule has 0 aliphatic heterocycles. The molecule has 0 atom stereocenters. The molecule has 0 aliphatic carbocycles. The van der Waals surface area contributed by atoms with Gasteiger partial charge in [0.15, 0.2) is 0 Å². The molecule has 0 rings (SSSR count). The van der Waals surface area contributed by atoms with Gasteiger partial charge >= 0.3 is 11.9 Å². The number of carbonyl (C=O) groups excluding carboxylic acids is 2. The van der Waals surface area contributed by atoms with Crippen LogP contribution in [0.15, 0.2) is 12.7 Å². The van der Waals surface area contributed by atoms with Crippen LogP contribution in [0, 0.1) is 0 Å². The molecule has 1 amide bonds. The monoisotopic (exact) mass is 243 g/mol. The van der Waals surface area contributed by atoms with Gasteiger partial charge in [0.1, 0.15) is 6.54 Å². The maximum atomic E-state index is 11.6. The van der Waals surface area contributed by atoms with Crippen molar-refractivity contribution in [3.63, 3.8) is 0 Å². The van der Waals surface area contributed by atoms with Crippen molar-refractivity contribution in [1.29, 1.82) is 0 Å². The lowest BCUT2D eigenvalue weighted by Crippen LogP contribution is -2.35. The molecule has 6 nitrogen and oxygen atoms in total. The first kappa shape index (κ1) is 15.2. The van der Waals surface area contributed by atoms with Gasteiger partial charge in [0.25, 0.3) is 0 Å². The summed E-state index contributed by atoms with van der Waals surface area (Å²) in [6.45, 7) is 5.13. The molecule has 1 N–H and O–H groups in total. The van der Waals surface area contributed by atoms with Gasteiger partial charge in [-0.15, -0.1) is 6.58 Å². The summed E-state index contributed by atoms with van der Waals surface area (Å²) >= 11 is 0. The molecular weight excluding hydrogens is 226 g/mol. The van der Waals surface area contributed by atoms with Crippen LogP contribution in [0.3, 0.4) is 0 Å². The average molecular weight is 243 g/mol. The topological polar surface area (TPSA) is 83.9 Å². The molecule has 6 heteroatoms. The Morgan fingerprint density at radius 1 is 1.35 bits per heavy atom. The fourth-order valence-corrected chi connectivity index (χ4v) is 1.17. The van der Waals surface area contributed by atoms with Gasteiger partial charge in [-0.05, 0) is 6.92 Å². The van der Waals surface area contributed by atoms with Crippen molar-refractivity contribution < 1.29 is 24.2 Å². The van der Waals surface area contributed by atoms with Crippen LogP contribution in [0.1, 0.15) is 19.8 Å². The Balaban J connectivity index is 4.17. The number of hydrogen-bond acceptors (Lipinski definition) is 4. The van der Waals surface area contributed by atoms with Gasteiger partial charge in [0.05, 0.1) is 13.0 Å². The standard InChI is InChI=1S/C11H17NO5/c1-3-7-12(8-10(14)15)9(13)5-6-11(16)17-4-2/h3H,1,4-8H2,2H3,(H,14,15). The Hall–Kier alpha value is -1.85. The molecule has 0 fully saturated rings. The van der Waals surface area contributed by atoms with E-state index in [1.54, 1.807) is 6.92 Å². The Kier molecular flexibility index (Phi) is 7.41. The number of carbonyl (C=O) groups is 3.